The molecule has 2 aromatic rings. The van der Waals surface area contributed by atoms with Gasteiger partial charge in [0.2, 0.25) is 0 Å². The van der Waals surface area contributed by atoms with E-state index >= 15 is 0 Å². The number of benzene rings is 2. The van der Waals surface area contributed by atoms with Crippen LogP contribution in [0.15, 0.2) is 60.7 Å². The summed E-state index contributed by atoms with van der Waals surface area (Å²) in [6.45, 7) is 7.04. The molecule has 0 aromatic heterocycles. The van der Waals surface area contributed by atoms with Gasteiger partial charge in [-0.2, -0.15) is 0 Å². The molecular formula is C18H25NP+. The van der Waals surface area contributed by atoms with Gasteiger partial charge in [-0.3, -0.25) is 0 Å². The van der Waals surface area contributed by atoms with Crippen molar-refractivity contribution in [2.24, 2.45) is 0 Å². The number of anilines is 2. The quantitative estimate of drug-likeness (QED) is 0.605. The first kappa shape index (κ1) is 15.1. The number of hydrogen-bond acceptors (Lipinski definition) is 1. The molecule has 0 heterocycles. The summed E-state index contributed by atoms with van der Waals surface area (Å²) in [5.74, 6) is 0. The largest absolute Gasteiger partial charge is 0.219 e. The van der Waals surface area contributed by atoms with Crippen LogP contribution in [0.5, 0.6) is 0 Å². The molecular weight excluding hydrogens is 261 g/mol. The van der Waals surface area contributed by atoms with Crippen LogP contribution in [0.3, 0.4) is 0 Å². The SMILES string of the molecule is CC[P+](CC)(CC)N(c1ccccc1)c1ccccc1. The second-order valence-corrected chi connectivity index (χ2v) is 9.51. The maximum atomic E-state index is 2.63. The van der Waals surface area contributed by atoms with E-state index in [0.29, 0.717) is 0 Å². The number of nitrogens with zero attached hydrogens (tertiary/aromatic N) is 1. The Bertz CT molecular complexity index is 458. The summed E-state index contributed by atoms with van der Waals surface area (Å²) >= 11 is 0. The molecule has 0 unspecified atom stereocenters. The average molecular weight is 286 g/mol. The second kappa shape index (κ2) is 6.90. The lowest BCUT2D eigenvalue weighted by Crippen LogP contribution is -2.23. The molecule has 0 saturated heterocycles. The highest BCUT2D eigenvalue weighted by atomic mass is 31.2. The maximum absolute atomic E-state index is 2.63. The predicted molar refractivity (Wildman–Crippen MR) is 93.6 cm³/mol. The second-order valence-electron chi connectivity index (χ2n) is 5.03. The van der Waals surface area contributed by atoms with Crippen molar-refractivity contribution in [1.82, 2.24) is 0 Å². The van der Waals surface area contributed by atoms with Crippen molar-refractivity contribution >= 4 is 18.8 Å². The van der Waals surface area contributed by atoms with E-state index < -0.39 is 7.41 Å². The Kier molecular flexibility index (Phi) is 5.20. The molecule has 0 fully saturated rings. The first-order valence-corrected chi connectivity index (χ1v) is 9.84. The molecule has 20 heavy (non-hydrogen) atoms. The van der Waals surface area contributed by atoms with E-state index in [1.54, 1.807) is 0 Å². The fraction of sp³-hybridized carbons (Fsp3) is 0.333. The van der Waals surface area contributed by atoms with Crippen LogP contribution >= 0.6 is 7.41 Å². The van der Waals surface area contributed by atoms with Gasteiger partial charge in [0.15, 0.2) is 0 Å². The van der Waals surface area contributed by atoms with E-state index in [2.05, 4.69) is 86.1 Å². The predicted octanol–water partition coefficient (Wildman–Crippen LogP) is 5.82. The zero-order valence-corrected chi connectivity index (χ0v) is 13.7. The maximum Gasteiger partial charge on any atom is 0.110 e. The number of hydrogen-bond donors (Lipinski definition) is 0. The van der Waals surface area contributed by atoms with Crippen molar-refractivity contribution in [3.05, 3.63) is 60.7 Å². The molecule has 0 amide bonds. The molecule has 0 bridgehead atoms. The Morgan fingerprint density at radius 2 is 1.00 bits per heavy atom. The van der Waals surface area contributed by atoms with Crippen molar-refractivity contribution < 1.29 is 0 Å². The van der Waals surface area contributed by atoms with Gasteiger partial charge < -0.3 is 0 Å². The molecule has 1 nitrogen and oxygen atoms in total. The summed E-state index contributed by atoms with van der Waals surface area (Å²) in [5.41, 5.74) is 2.66. The van der Waals surface area contributed by atoms with Crippen molar-refractivity contribution in [3.63, 3.8) is 0 Å². The van der Waals surface area contributed by atoms with E-state index in [0.717, 1.165) is 0 Å². The monoisotopic (exact) mass is 286 g/mol. The van der Waals surface area contributed by atoms with Crippen LogP contribution in [0.25, 0.3) is 0 Å². The van der Waals surface area contributed by atoms with Crippen molar-refractivity contribution in [2.75, 3.05) is 23.2 Å². The van der Waals surface area contributed by atoms with Crippen LogP contribution in [0.1, 0.15) is 20.8 Å². The molecule has 2 aromatic carbocycles. The zero-order valence-electron chi connectivity index (χ0n) is 12.8. The molecule has 2 rings (SSSR count). The highest BCUT2D eigenvalue weighted by Gasteiger charge is 2.40. The topological polar surface area (TPSA) is 3.24 Å². The smallest absolute Gasteiger partial charge is 0.110 e. The fourth-order valence-electron chi connectivity index (χ4n) is 2.87. The van der Waals surface area contributed by atoms with E-state index in [1.807, 2.05) is 0 Å². The summed E-state index contributed by atoms with van der Waals surface area (Å²) in [6, 6.07) is 21.7. The van der Waals surface area contributed by atoms with E-state index in [-0.39, 0.29) is 0 Å². The minimum absolute atomic E-state index is 1.16. The molecule has 0 saturated carbocycles. The Labute approximate surface area is 124 Å². The van der Waals surface area contributed by atoms with Gasteiger partial charge in [0.05, 0.1) is 29.9 Å². The van der Waals surface area contributed by atoms with E-state index in [4.69, 9.17) is 0 Å². The van der Waals surface area contributed by atoms with E-state index in [9.17, 15) is 0 Å². The lowest BCUT2D eigenvalue weighted by Gasteiger charge is -2.37. The molecule has 0 N–H and O–H groups in total. The standard InChI is InChI=1S/C18H25NP/c1-4-20(5-2,6-3)19(17-13-9-7-10-14-17)18-15-11-8-12-16-18/h7-16H,4-6H2,1-3H3/q+1. The van der Waals surface area contributed by atoms with Crippen LogP contribution < -0.4 is 4.67 Å². The third-order valence-electron chi connectivity index (χ3n) is 4.19. The van der Waals surface area contributed by atoms with Gasteiger partial charge in [-0.1, -0.05) is 36.4 Å². The van der Waals surface area contributed by atoms with Crippen LogP contribution in [0, 0.1) is 0 Å². The van der Waals surface area contributed by atoms with Crippen LogP contribution in [0.2, 0.25) is 0 Å². The van der Waals surface area contributed by atoms with Gasteiger partial charge in [-0.05, 0) is 45.0 Å². The fourth-order valence-corrected chi connectivity index (χ4v) is 6.31. The Morgan fingerprint density at radius 3 is 1.30 bits per heavy atom. The molecule has 0 radical (unpaired) electrons. The van der Waals surface area contributed by atoms with Crippen LogP contribution in [-0.2, 0) is 0 Å². The summed E-state index contributed by atoms with van der Waals surface area (Å²) in [5, 5.41) is 0. The number of para-hydroxylation sites is 2. The third-order valence-corrected chi connectivity index (χ3v) is 9.03. The molecule has 0 aliphatic carbocycles. The van der Waals surface area contributed by atoms with Gasteiger partial charge in [0.1, 0.15) is 7.41 Å². The van der Waals surface area contributed by atoms with Gasteiger partial charge in [-0.25, -0.2) is 4.67 Å². The highest BCUT2D eigenvalue weighted by Crippen LogP contribution is 2.65. The summed E-state index contributed by atoms with van der Waals surface area (Å²) < 4.78 is 2.63. The minimum atomic E-state index is -1.16. The van der Waals surface area contributed by atoms with Gasteiger partial charge >= 0.3 is 0 Å². The Hall–Kier alpha value is -1.33. The first-order chi connectivity index (χ1) is 9.77. The molecule has 0 spiro atoms. The molecule has 0 atom stereocenters. The van der Waals surface area contributed by atoms with Gasteiger partial charge in [0.25, 0.3) is 0 Å². The lowest BCUT2D eigenvalue weighted by molar-refractivity contribution is 1.23. The van der Waals surface area contributed by atoms with Gasteiger partial charge in [-0.15, -0.1) is 0 Å². The van der Waals surface area contributed by atoms with Gasteiger partial charge in [0, 0.05) is 0 Å². The summed E-state index contributed by atoms with van der Waals surface area (Å²) in [6.07, 6.45) is 3.76. The van der Waals surface area contributed by atoms with E-state index in [1.165, 1.54) is 29.9 Å². The molecule has 106 valence electrons. The molecule has 0 aliphatic rings. The molecule has 2 heteroatoms. The lowest BCUT2D eigenvalue weighted by atomic mass is 10.3. The first-order valence-electron chi connectivity index (χ1n) is 7.54. The van der Waals surface area contributed by atoms with Crippen molar-refractivity contribution in [2.45, 2.75) is 20.8 Å². The highest BCUT2D eigenvalue weighted by molar-refractivity contribution is 7.77. The average Bonchev–Trinajstić information content (AvgIpc) is 2.54. The third kappa shape index (κ3) is 2.88. The Balaban J connectivity index is 2.55. The van der Waals surface area contributed by atoms with Crippen molar-refractivity contribution in [1.29, 1.82) is 0 Å². The zero-order chi connectivity index (χ0) is 14.4. The summed E-state index contributed by atoms with van der Waals surface area (Å²) in [7, 11) is -1.16. The van der Waals surface area contributed by atoms with Crippen LogP contribution in [-0.4, -0.2) is 18.5 Å². The van der Waals surface area contributed by atoms with Crippen molar-refractivity contribution in [3.8, 4) is 0 Å². The Morgan fingerprint density at radius 1 is 0.650 bits per heavy atom. The van der Waals surface area contributed by atoms with Crippen LogP contribution in [0.4, 0.5) is 11.4 Å². The number of rotatable bonds is 6. The summed E-state index contributed by atoms with van der Waals surface area (Å²) in [4.78, 5) is 0. The molecule has 0 aliphatic heterocycles. The normalized spacial score (nSPS) is 11.3. The minimum Gasteiger partial charge on any atom is -0.219 e.